The Labute approximate surface area is 503 Å². The van der Waals surface area contributed by atoms with Crippen molar-refractivity contribution in [1.82, 2.24) is 0 Å². The second-order valence-corrected chi connectivity index (χ2v) is 23.4. The summed E-state index contributed by atoms with van der Waals surface area (Å²) < 4.78 is 17.0. The van der Waals surface area contributed by atoms with E-state index in [1.165, 1.54) is 212 Å². The van der Waals surface area contributed by atoms with Crippen LogP contribution in [0.15, 0.2) is 85.1 Å². The van der Waals surface area contributed by atoms with Gasteiger partial charge in [-0.15, -0.1) is 0 Å². The van der Waals surface area contributed by atoms with E-state index >= 15 is 0 Å². The molecule has 0 aliphatic heterocycles. The topological polar surface area (TPSA) is 78.9 Å². The number of esters is 3. The third-order valence-electron chi connectivity index (χ3n) is 15.4. The van der Waals surface area contributed by atoms with Gasteiger partial charge in [0.25, 0.3) is 0 Å². The highest BCUT2D eigenvalue weighted by atomic mass is 16.6. The van der Waals surface area contributed by atoms with Crippen LogP contribution in [-0.4, -0.2) is 37.2 Å². The third-order valence-corrected chi connectivity index (χ3v) is 15.4. The molecule has 6 nitrogen and oxygen atoms in total. The van der Waals surface area contributed by atoms with Gasteiger partial charge in [0.2, 0.25) is 0 Å². The summed E-state index contributed by atoms with van der Waals surface area (Å²) in [6, 6.07) is 0. The summed E-state index contributed by atoms with van der Waals surface area (Å²) in [6.07, 6.45) is 91.8. The predicted octanol–water partition coefficient (Wildman–Crippen LogP) is 24.2. The summed E-state index contributed by atoms with van der Waals surface area (Å²) >= 11 is 0. The molecule has 0 aromatic carbocycles. The summed E-state index contributed by atoms with van der Waals surface area (Å²) in [5, 5.41) is 0. The van der Waals surface area contributed by atoms with E-state index in [-0.39, 0.29) is 31.1 Å². The highest BCUT2D eigenvalue weighted by Crippen LogP contribution is 2.17. The lowest BCUT2D eigenvalue weighted by Crippen LogP contribution is -2.30. The van der Waals surface area contributed by atoms with E-state index in [1.54, 1.807) is 0 Å². The van der Waals surface area contributed by atoms with Crippen LogP contribution in [0.3, 0.4) is 0 Å². The van der Waals surface area contributed by atoms with Gasteiger partial charge in [0.15, 0.2) is 6.10 Å². The van der Waals surface area contributed by atoms with Gasteiger partial charge in [-0.25, -0.2) is 0 Å². The Morgan fingerprint density at radius 1 is 0.259 bits per heavy atom. The van der Waals surface area contributed by atoms with Gasteiger partial charge in [-0.2, -0.15) is 0 Å². The molecule has 0 heterocycles. The first kappa shape index (κ1) is 77.6. The molecular weight excluding hydrogens is 997 g/mol. The fraction of sp³-hybridized carbons (Fsp3) is 0.773. The highest BCUT2D eigenvalue weighted by molar-refractivity contribution is 5.71. The van der Waals surface area contributed by atoms with Gasteiger partial charge in [0, 0.05) is 19.3 Å². The molecule has 1 atom stereocenters. The normalized spacial score (nSPS) is 12.6. The predicted molar refractivity (Wildman–Crippen MR) is 353 cm³/mol. The van der Waals surface area contributed by atoms with Crippen LogP contribution in [-0.2, 0) is 28.6 Å². The van der Waals surface area contributed by atoms with Crippen LogP contribution < -0.4 is 0 Å². The molecule has 6 heteroatoms. The Balaban J connectivity index is 4.19. The molecule has 0 saturated carbocycles. The number of hydrogen-bond acceptors (Lipinski definition) is 6. The van der Waals surface area contributed by atoms with Crippen LogP contribution >= 0.6 is 0 Å². The number of allylic oxidation sites excluding steroid dienone is 14. The van der Waals surface area contributed by atoms with E-state index < -0.39 is 6.10 Å². The number of rotatable bonds is 64. The van der Waals surface area contributed by atoms with Crippen molar-refractivity contribution in [2.45, 2.75) is 361 Å². The molecule has 1 unspecified atom stereocenters. The summed E-state index contributed by atoms with van der Waals surface area (Å²) in [7, 11) is 0. The molecule has 0 radical (unpaired) electrons. The first-order valence-electron chi connectivity index (χ1n) is 35.1. The van der Waals surface area contributed by atoms with Crippen LogP contribution in [0.4, 0.5) is 0 Å². The average molecular weight is 1130 g/mol. The summed E-state index contributed by atoms with van der Waals surface area (Å²) in [5.41, 5.74) is 0. The van der Waals surface area contributed by atoms with E-state index in [9.17, 15) is 14.4 Å². The Morgan fingerprint density at radius 3 is 0.765 bits per heavy atom. The Morgan fingerprint density at radius 2 is 0.481 bits per heavy atom. The van der Waals surface area contributed by atoms with Crippen molar-refractivity contribution in [1.29, 1.82) is 0 Å². The number of hydrogen-bond donors (Lipinski definition) is 0. The number of carbonyl (C=O) groups excluding carboxylic acids is 3. The number of unbranched alkanes of at least 4 members (excludes halogenated alkanes) is 39. The molecule has 468 valence electrons. The van der Waals surface area contributed by atoms with Crippen molar-refractivity contribution >= 4 is 17.9 Å². The molecule has 0 bridgehead atoms. The zero-order valence-electron chi connectivity index (χ0n) is 53.8. The molecular formula is C75H132O6. The highest BCUT2D eigenvalue weighted by Gasteiger charge is 2.19. The lowest BCUT2D eigenvalue weighted by atomic mass is 10.0. The maximum absolute atomic E-state index is 12.9. The average Bonchev–Trinajstić information content (AvgIpc) is 3.47. The smallest absolute Gasteiger partial charge is 0.306 e. The first-order valence-corrected chi connectivity index (χ1v) is 35.1. The molecule has 0 saturated heterocycles. The van der Waals surface area contributed by atoms with E-state index in [4.69, 9.17) is 14.2 Å². The molecule has 0 aliphatic rings. The van der Waals surface area contributed by atoms with Crippen molar-refractivity contribution < 1.29 is 28.6 Å². The van der Waals surface area contributed by atoms with Crippen LogP contribution in [0.1, 0.15) is 355 Å². The molecule has 0 aromatic rings. The van der Waals surface area contributed by atoms with Crippen LogP contribution in [0.25, 0.3) is 0 Å². The second-order valence-electron chi connectivity index (χ2n) is 23.4. The lowest BCUT2D eigenvalue weighted by Gasteiger charge is -2.18. The second kappa shape index (κ2) is 69.1. The molecule has 0 amide bonds. The minimum absolute atomic E-state index is 0.0742. The third kappa shape index (κ3) is 67.3. The van der Waals surface area contributed by atoms with Crippen LogP contribution in [0.2, 0.25) is 0 Å². The summed E-state index contributed by atoms with van der Waals surface area (Å²) in [6.45, 7) is 6.56. The minimum Gasteiger partial charge on any atom is -0.462 e. The SMILES string of the molecule is CC/C=C\C/C=C\C/C=C\C/C=C\C/C=C\C/C=C\CCCCCCCCCCCCCCCCC(=O)OCC(COC(=O)CCCCCCCCCCCCCCCC)OC(=O)CCCCCCC/C=C\CCCCCCCCC. The van der Waals surface area contributed by atoms with Gasteiger partial charge in [-0.1, -0.05) is 324 Å². The minimum atomic E-state index is -0.779. The summed E-state index contributed by atoms with van der Waals surface area (Å²) in [4.78, 5) is 38.4. The zero-order chi connectivity index (χ0) is 58.5. The van der Waals surface area contributed by atoms with Gasteiger partial charge >= 0.3 is 17.9 Å². The standard InChI is InChI=1S/C75H132O6/c1-4-7-10-13-16-19-22-25-28-30-31-32-33-34-35-36-37-38-39-40-41-42-43-44-45-46-48-50-53-56-59-62-65-68-74(77)80-71-72(70-79-73(76)67-64-61-58-55-52-49-27-24-21-18-15-12-9-6-3)81-75(78)69-66-63-60-57-54-51-47-29-26-23-20-17-14-11-8-5-2/h7,10,16,19,25,28-29,31-32,34-35,37-38,47,72H,4-6,8-9,11-15,17-18,20-24,26-27,30,33,36,39-46,48-71H2,1-3H3/b10-7-,19-16-,28-25-,32-31-,35-34-,38-37-,47-29-. The van der Waals surface area contributed by atoms with E-state index in [0.717, 1.165) is 103 Å². The quantitative estimate of drug-likeness (QED) is 0.0261. The zero-order valence-corrected chi connectivity index (χ0v) is 53.8. The van der Waals surface area contributed by atoms with E-state index in [0.29, 0.717) is 19.3 Å². The maximum Gasteiger partial charge on any atom is 0.306 e. The molecule has 0 rings (SSSR count). The fourth-order valence-electron chi connectivity index (χ4n) is 10.2. The molecule has 0 spiro atoms. The molecule has 81 heavy (non-hydrogen) atoms. The number of carbonyl (C=O) groups is 3. The van der Waals surface area contributed by atoms with Crippen molar-refractivity contribution in [3.63, 3.8) is 0 Å². The number of ether oxygens (including phenoxy) is 3. The van der Waals surface area contributed by atoms with E-state index in [2.05, 4.69) is 106 Å². The van der Waals surface area contributed by atoms with Crippen molar-refractivity contribution in [2.24, 2.45) is 0 Å². The Bertz CT molecular complexity index is 1530. The monoisotopic (exact) mass is 1130 g/mol. The van der Waals surface area contributed by atoms with Gasteiger partial charge in [-0.05, 0) is 96.3 Å². The molecule has 0 aromatic heterocycles. The molecule has 0 N–H and O–H groups in total. The van der Waals surface area contributed by atoms with Gasteiger partial charge < -0.3 is 14.2 Å². The van der Waals surface area contributed by atoms with Gasteiger partial charge in [0.1, 0.15) is 13.2 Å². The van der Waals surface area contributed by atoms with Crippen molar-refractivity contribution in [3.05, 3.63) is 85.1 Å². The largest absolute Gasteiger partial charge is 0.462 e. The van der Waals surface area contributed by atoms with Gasteiger partial charge in [-0.3, -0.25) is 14.4 Å². The van der Waals surface area contributed by atoms with Crippen LogP contribution in [0, 0.1) is 0 Å². The van der Waals surface area contributed by atoms with Crippen molar-refractivity contribution in [2.75, 3.05) is 13.2 Å². The summed E-state index contributed by atoms with van der Waals surface area (Å²) in [5.74, 6) is -0.864. The lowest BCUT2D eigenvalue weighted by molar-refractivity contribution is -0.167. The maximum atomic E-state index is 12.9. The Kier molecular flexibility index (Phi) is 66.2. The van der Waals surface area contributed by atoms with Crippen molar-refractivity contribution in [3.8, 4) is 0 Å². The molecule has 0 aliphatic carbocycles. The van der Waals surface area contributed by atoms with Crippen LogP contribution in [0.5, 0.6) is 0 Å². The first-order chi connectivity index (χ1) is 40.0. The van der Waals surface area contributed by atoms with Gasteiger partial charge in [0.05, 0.1) is 0 Å². The molecule has 0 fully saturated rings. The fourth-order valence-corrected chi connectivity index (χ4v) is 10.2. The Hall–Kier alpha value is -3.41. The van der Waals surface area contributed by atoms with E-state index in [1.807, 2.05) is 0 Å².